The molecule has 1 aromatic heterocycles. The van der Waals surface area contributed by atoms with Crippen LogP contribution in [0.25, 0.3) is 0 Å². The Balaban J connectivity index is 1.54. The first-order valence-electron chi connectivity index (χ1n) is 11.5. The van der Waals surface area contributed by atoms with Gasteiger partial charge in [-0.3, -0.25) is 9.59 Å². The molecule has 0 atom stereocenters. The van der Waals surface area contributed by atoms with Crippen molar-refractivity contribution in [1.82, 2.24) is 14.3 Å². The van der Waals surface area contributed by atoms with Gasteiger partial charge in [0.1, 0.15) is 5.82 Å². The van der Waals surface area contributed by atoms with E-state index >= 15 is 0 Å². The molecule has 0 saturated carbocycles. The van der Waals surface area contributed by atoms with E-state index in [1.54, 1.807) is 0 Å². The number of nitrogens with zero attached hydrogens (tertiary/aromatic N) is 4. The largest absolute Gasteiger partial charge is 0.466 e. The summed E-state index contributed by atoms with van der Waals surface area (Å²) in [4.78, 5) is 33.6. The van der Waals surface area contributed by atoms with Crippen molar-refractivity contribution in [3.63, 3.8) is 0 Å². The van der Waals surface area contributed by atoms with Gasteiger partial charge in [-0.05, 0) is 31.2 Å². The van der Waals surface area contributed by atoms with Gasteiger partial charge in [0, 0.05) is 50.6 Å². The van der Waals surface area contributed by atoms with Crippen molar-refractivity contribution in [2.24, 2.45) is 11.8 Å². The zero-order chi connectivity index (χ0) is 22.9. The highest BCUT2D eigenvalue weighted by Crippen LogP contribution is 2.22. The number of hydrogen-bond acceptors (Lipinski definition) is 7. The summed E-state index contributed by atoms with van der Waals surface area (Å²) in [6, 6.07) is 10.2. The summed E-state index contributed by atoms with van der Waals surface area (Å²) in [5.74, 6) is 1.19. The molecule has 0 bridgehead atoms. The molecular formula is C24H34N4O3S. The molecule has 1 amide bonds. The molecule has 1 aromatic carbocycles. The molecule has 174 valence electrons. The Labute approximate surface area is 194 Å². The fraction of sp³-hybridized carbons (Fsp3) is 0.583. The van der Waals surface area contributed by atoms with Crippen LogP contribution >= 0.6 is 11.5 Å². The van der Waals surface area contributed by atoms with Crippen LogP contribution in [0.4, 0.5) is 5.13 Å². The first-order chi connectivity index (χ1) is 15.5. The van der Waals surface area contributed by atoms with E-state index in [2.05, 4.69) is 35.3 Å². The van der Waals surface area contributed by atoms with Gasteiger partial charge in [-0.1, -0.05) is 44.2 Å². The van der Waals surface area contributed by atoms with Gasteiger partial charge < -0.3 is 14.5 Å². The molecule has 1 aliphatic heterocycles. The summed E-state index contributed by atoms with van der Waals surface area (Å²) in [6.45, 7) is 9.25. The molecule has 0 spiro atoms. The molecule has 1 fully saturated rings. The fourth-order valence-electron chi connectivity index (χ4n) is 3.94. The monoisotopic (exact) mass is 458 g/mol. The Bertz CT molecular complexity index is 863. The number of carbonyl (C=O) groups excluding carboxylic acids is 2. The molecule has 7 nitrogen and oxygen atoms in total. The van der Waals surface area contributed by atoms with Crippen LogP contribution in [0.15, 0.2) is 30.3 Å². The fourth-order valence-corrected chi connectivity index (χ4v) is 4.66. The van der Waals surface area contributed by atoms with Gasteiger partial charge in [0.15, 0.2) is 0 Å². The van der Waals surface area contributed by atoms with E-state index in [1.807, 2.05) is 30.0 Å². The lowest BCUT2D eigenvalue weighted by molar-refractivity contribution is -0.151. The van der Waals surface area contributed by atoms with Crippen LogP contribution in [0.1, 0.15) is 51.4 Å². The minimum Gasteiger partial charge on any atom is -0.466 e. The molecule has 1 aliphatic rings. The standard InChI is InChI=1S/C24H34N4O3S/c1-4-31-23(30)20-10-13-27(14-11-20)22(29)12-15-28(17-18(2)3)24-25-21(26-32-24)16-19-8-6-5-7-9-19/h5-9,18,20H,4,10-17H2,1-3H3. The highest BCUT2D eigenvalue weighted by molar-refractivity contribution is 7.09. The maximum absolute atomic E-state index is 12.8. The highest BCUT2D eigenvalue weighted by atomic mass is 32.1. The van der Waals surface area contributed by atoms with Crippen LogP contribution in [-0.2, 0) is 20.7 Å². The maximum Gasteiger partial charge on any atom is 0.309 e. The number of anilines is 1. The molecule has 2 aromatic rings. The zero-order valence-electron chi connectivity index (χ0n) is 19.3. The number of hydrogen-bond donors (Lipinski definition) is 0. The molecule has 0 radical (unpaired) electrons. The van der Waals surface area contributed by atoms with Crippen molar-refractivity contribution in [3.05, 3.63) is 41.7 Å². The van der Waals surface area contributed by atoms with E-state index < -0.39 is 0 Å². The Hall–Kier alpha value is -2.48. The molecule has 3 rings (SSSR count). The summed E-state index contributed by atoms with van der Waals surface area (Å²) in [5.41, 5.74) is 1.19. The Morgan fingerprint density at radius 1 is 1.22 bits per heavy atom. The van der Waals surface area contributed by atoms with E-state index in [9.17, 15) is 9.59 Å². The average Bonchev–Trinajstić information content (AvgIpc) is 3.25. The minimum atomic E-state index is -0.134. The summed E-state index contributed by atoms with van der Waals surface area (Å²) >= 11 is 1.40. The van der Waals surface area contributed by atoms with Crippen molar-refractivity contribution in [3.8, 4) is 0 Å². The maximum atomic E-state index is 12.8. The van der Waals surface area contributed by atoms with E-state index in [4.69, 9.17) is 9.72 Å². The van der Waals surface area contributed by atoms with Gasteiger partial charge in [0.25, 0.3) is 0 Å². The second kappa shape index (κ2) is 11.9. The molecule has 0 N–H and O–H groups in total. The lowest BCUT2D eigenvalue weighted by atomic mass is 9.97. The minimum absolute atomic E-state index is 0.0825. The third kappa shape index (κ3) is 7.02. The number of piperidine rings is 1. The van der Waals surface area contributed by atoms with Crippen molar-refractivity contribution < 1.29 is 14.3 Å². The van der Waals surface area contributed by atoms with Crippen molar-refractivity contribution in [2.75, 3.05) is 37.7 Å². The lowest BCUT2D eigenvalue weighted by Gasteiger charge is -2.32. The number of aromatic nitrogens is 2. The third-order valence-electron chi connectivity index (χ3n) is 5.58. The van der Waals surface area contributed by atoms with Crippen LogP contribution in [0.3, 0.4) is 0 Å². The quantitative estimate of drug-likeness (QED) is 0.505. The van der Waals surface area contributed by atoms with Crippen molar-refractivity contribution >= 4 is 28.5 Å². The number of rotatable bonds is 10. The Morgan fingerprint density at radius 2 is 1.94 bits per heavy atom. The van der Waals surface area contributed by atoms with Crippen LogP contribution in [0.5, 0.6) is 0 Å². The van der Waals surface area contributed by atoms with Crippen LogP contribution < -0.4 is 4.90 Å². The zero-order valence-corrected chi connectivity index (χ0v) is 20.1. The van der Waals surface area contributed by atoms with Gasteiger partial charge in [-0.2, -0.15) is 4.37 Å². The number of esters is 1. The topological polar surface area (TPSA) is 75.6 Å². The average molecular weight is 459 g/mol. The number of likely N-dealkylation sites (tertiary alicyclic amines) is 1. The summed E-state index contributed by atoms with van der Waals surface area (Å²) in [5, 5.41) is 0.874. The molecule has 0 unspecified atom stereocenters. The SMILES string of the molecule is CCOC(=O)C1CCN(C(=O)CCN(CC(C)C)c2nc(Cc3ccccc3)ns2)CC1. The molecule has 2 heterocycles. The van der Waals surface area contributed by atoms with Gasteiger partial charge in [-0.15, -0.1) is 0 Å². The molecule has 8 heteroatoms. The molecule has 0 aliphatic carbocycles. The second-order valence-electron chi connectivity index (χ2n) is 8.65. The normalized spacial score (nSPS) is 14.6. The molecular weight excluding hydrogens is 424 g/mol. The number of carbonyl (C=O) groups is 2. The van der Waals surface area contributed by atoms with Gasteiger partial charge in [0.05, 0.1) is 12.5 Å². The highest BCUT2D eigenvalue weighted by Gasteiger charge is 2.28. The van der Waals surface area contributed by atoms with E-state index in [0.717, 1.165) is 17.5 Å². The van der Waals surface area contributed by atoms with Gasteiger partial charge in [0.2, 0.25) is 11.0 Å². The van der Waals surface area contributed by atoms with Gasteiger partial charge >= 0.3 is 5.97 Å². The van der Waals surface area contributed by atoms with Crippen LogP contribution in [0.2, 0.25) is 0 Å². The van der Waals surface area contributed by atoms with Gasteiger partial charge in [-0.25, -0.2) is 4.98 Å². The predicted octanol–water partition coefficient (Wildman–Crippen LogP) is 3.78. The predicted molar refractivity (Wildman–Crippen MR) is 127 cm³/mol. The number of benzene rings is 1. The first-order valence-corrected chi connectivity index (χ1v) is 12.3. The van der Waals surface area contributed by atoms with Crippen molar-refractivity contribution in [1.29, 1.82) is 0 Å². The number of amides is 1. The number of ether oxygens (including phenoxy) is 1. The smallest absolute Gasteiger partial charge is 0.309 e. The van der Waals surface area contributed by atoms with E-state index in [1.165, 1.54) is 17.1 Å². The molecule has 32 heavy (non-hydrogen) atoms. The van der Waals surface area contributed by atoms with Crippen LogP contribution in [0, 0.1) is 11.8 Å². The Morgan fingerprint density at radius 3 is 2.59 bits per heavy atom. The van der Waals surface area contributed by atoms with E-state index in [0.29, 0.717) is 57.8 Å². The lowest BCUT2D eigenvalue weighted by Crippen LogP contribution is -2.42. The second-order valence-corrected chi connectivity index (χ2v) is 9.38. The third-order valence-corrected chi connectivity index (χ3v) is 6.40. The Kier molecular flexibility index (Phi) is 9.02. The van der Waals surface area contributed by atoms with E-state index in [-0.39, 0.29) is 17.8 Å². The summed E-state index contributed by atoms with van der Waals surface area (Å²) in [7, 11) is 0. The summed E-state index contributed by atoms with van der Waals surface area (Å²) in [6.07, 6.45) is 2.50. The summed E-state index contributed by atoms with van der Waals surface area (Å²) < 4.78 is 9.67. The van der Waals surface area contributed by atoms with Crippen molar-refractivity contribution in [2.45, 2.75) is 46.5 Å². The first kappa shape index (κ1) is 24.2. The van der Waals surface area contributed by atoms with Crippen LogP contribution in [-0.4, -0.2) is 58.9 Å². The molecule has 1 saturated heterocycles.